The van der Waals surface area contributed by atoms with Gasteiger partial charge in [-0.3, -0.25) is 14.5 Å². The van der Waals surface area contributed by atoms with Crippen LogP contribution < -0.4 is 15.1 Å². The number of carbonyl (C=O) groups excluding carboxylic acids is 2. The number of aryl methyl sites for hydroxylation is 1. The lowest BCUT2D eigenvalue weighted by Gasteiger charge is -2.43. The summed E-state index contributed by atoms with van der Waals surface area (Å²) >= 11 is 11.7. The normalized spacial score (nSPS) is 16.2. The Morgan fingerprint density at radius 1 is 1.22 bits per heavy atom. The molecular formula is C26H19ClFN5O2S. The van der Waals surface area contributed by atoms with Crippen molar-refractivity contribution in [3.63, 3.8) is 0 Å². The molecule has 10 heteroatoms. The quantitative estimate of drug-likeness (QED) is 0.466. The van der Waals surface area contributed by atoms with Gasteiger partial charge in [0.05, 0.1) is 17.4 Å². The molecule has 1 aliphatic carbocycles. The van der Waals surface area contributed by atoms with Crippen molar-refractivity contribution in [2.75, 3.05) is 15.1 Å². The molecule has 36 heavy (non-hydrogen) atoms. The molecule has 2 amide bonds. The summed E-state index contributed by atoms with van der Waals surface area (Å²) in [6.45, 7) is 1.73. The predicted octanol–water partition coefficient (Wildman–Crippen LogP) is 5.37. The van der Waals surface area contributed by atoms with E-state index in [2.05, 4.69) is 10.3 Å². The predicted molar refractivity (Wildman–Crippen MR) is 139 cm³/mol. The zero-order chi connectivity index (χ0) is 25.6. The summed E-state index contributed by atoms with van der Waals surface area (Å²) in [6, 6.07) is 14.4. The fourth-order valence-corrected chi connectivity index (χ4v) is 5.26. The molecule has 2 heterocycles. The lowest BCUT2D eigenvalue weighted by atomic mass is 9.75. The van der Waals surface area contributed by atoms with Crippen LogP contribution in [0.4, 0.5) is 21.5 Å². The fourth-order valence-electron chi connectivity index (χ4n) is 4.60. The molecule has 3 aromatic rings. The molecule has 2 aromatic carbocycles. The number of benzene rings is 2. The molecular weight excluding hydrogens is 501 g/mol. The molecule has 7 nitrogen and oxygen atoms in total. The maximum atomic E-state index is 15.2. The summed E-state index contributed by atoms with van der Waals surface area (Å²) in [5, 5.41) is 12.5. The Morgan fingerprint density at radius 2 is 2.00 bits per heavy atom. The Bertz CT molecular complexity index is 1480. The minimum atomic E-state index is -0.921. The number of hydrogen-bond acceptors (Lipinski definition) is 5. The number of nitrogens with zero attached hydrogens (tertiary/aromatic N) is 4. The van der Waals surface area contributed by atoms with E-state index >= 15 is 4.39 Å². The van der Waals surface area contributed by atoms with E-state index in [0.717, 1.165) is 6.42 Å². The van der Waals surface area contributed by atoms with Crippen LogP contribution in [-0.2, 0) is 4.79 Å². The molecule has 1 saturated carbocycles. The average Bonchev–Trinajstić information content (AvgIpc) is 3.05. The molecule has 0 atom stereocenters. The van der Waals surface area contributed by atoms with E-state index in [4.69, 9.17) is 23.8 Å². The second-order valence-electron chi connectivity index (χ2n) is 8.74. The lowest BCUT2D eigenvalue weighted by Crippen LogP contribution is -2.55. The van der Waals surface area contributed by atoms with Gasteiger partial charge in [-0.15, -0.1) is 0 Å². The number of nitrogens with one attached hydrogen (secondary N) is 1. The first-order valence-corrected chi connectivity index (χ1v) is 12.0. The SMILES string of the molecule is Cc1cc(N2C(=O)C3(CCC3)N(c3ccc(C(=O)Nc4cccc(Cl)c4)c(F)c3)C2=S)cnc1C#N. The van der Waals surface area contributed by atoms with Crippen LogP contribution in [0, 0.1) is 24.1 Å². The minimum absolute atomic E-state index is 0.151. The van der Waals surface area contributed by atoms with Gasteiger partial charge in [-0.25, -0.2) is 9.37 Å². The molecule has 2 aliphatic rings. The van der Waals surface area contributed by atoms with Crippen molar-refractivity contribution in [2.45, 2.75) is 31.7 Å². The van der Waals surface area contributed by atoms with Gasteiger partial charge in [0.25, 0.3) is 11.8 Å². The van der Waals surface area contributed by atoms with Crippen molar-refractivity contribution >= 4 is 57.8 Å². The van der Waals surface area contributed by atoms with E-state index in [9.17, 15) is 14.9 Å². The Kier molecular flexibility index (Phi) is 5.94. The van der Waals surface area contributed by atoms with Crippen LogP contribution in [0.1, 0.15) is 40.9 Å². The van der Waals surface area contributed by atoms with E-state index in [1.807, 2.05) is 6.07 Å². The van der Waals surface area contributed by atoms with Gasteiger partial charge in [-0.1, -0.05) is 17.7 Å². The number of pyridine rings is 1. The summed E-state index contributed by atoms with van der Waals surface area (Å²) in [6.07, 6.45) is 3.38. The van der Waals surface area contributed by atoms with E-state index in [1.54, 1.807) is 48.2 Å². The summed E-state index contributed by atoms with van der Waals surface area (Å²) in [7, 11) is 0. The first-order valence-electron chi connectivity index (χ1n) is 11.2. The van der Waals surface area contributed by atoms with Gasteiger partial charge in [0.15, 0.2) is 5.11 Å². The monoisotopic (exact) mass is 519 g/mol. The van der Waals surface area contributed by atoms with Crippen LogP contribution in [0.2, 0.25) is 5.02 Å². The summed E-state index contributed by atoms with van der Waals surface area (Å²) in [5.74, 6) is -1.58. The van der Waals surface area contributed by atoms with Crippen LogP contribution in [0.5, 0.6) is 0 Å². The molecule has 1 spiro atoms. The third kappa shape index (κ3) is 3.79. The molecule has 180 valence electrons. The van der Waals surface area contributed by atoms with Gasteiger partial charge in [-0.2, -0.15) is 5.26 Å². The summed E-state index contributed by atoms with van der Waals surface area (Å²) in [5.41, 5.74) is 1.09. The van der Waals surface area contributed by atoms with E-state index in [1.165, 1.54) is 23.2 Å². The Morgan fingerprint density at radius 3 is 2.61 bits per heavy atom. The third-order valence-corrected chi connectivity index (χ3v) is 7.16. The number of nitriles is 1. The zero-order valence-electron chi connectivity index (χ0n) is 19.1. The number of carbonyl (C=O) groups is 2. The van der Waals surface area contributed by atoms with Crippen LogP contribution in [-0.4, -0.2) is 27.4 Å². The number of aromatic nitrogens is 1. The minimum Gasteiger partial charge on any atom is -0.322 e. The van der Waals surface area contributed by atoms with E-state index in [-0.39, 0.29) is 22.3 Å². The van der Waals surface area contributed by atoms with Crippen molar-refractivity contribution in [2.24, 2.45) is 0 Å². The number of anilines is 3. The van der Waals surface area contributed by atoms with Crippen LogP contribution in [0.15, 0.2) is 54.7 Å². The van der Waals surface area contributed by atoms with Crippen molar-refractivity contribution < 1.29 is 14.0 Å². The molecule has 2 fully saturated rings. The van der Waals surface area contributed by atoms with Crippen molar-refractivity contribution in [1.82, 2.24) is 4.98 Å². The maximum absolute atomic E-state index is 15.2. The number of halogens is 2. The van der Waals surface area contributed by atoms with Crippen molar-refractivity contribution in [3.8, 4) is 6.07 Å². The highest BCUT2D eigenvalue weighted by Gasteiger charge is 2.59. The van der Waals surface area contributed by atoms with Crippen LogP contribution >= 0.6 is 23.8 Å². The molecule has 1 aliphatic heterocycles. The van der Waals surface area contributed by atoms with Gasteiger partial charge in [0.2, 0.25) is 0 Å². The third-order valence-electron chi connectivity index (χ3n) is 6.56. The molecule has 0 unspecified atom stereocenters. The van der Waals surface area contributed by atoms with Crippen LogP contribution in [0.25, 0.3) is 0 Å². The summed E-state index contributed by atoms with van der Waals surface area (Å²) in [4.78, 5) is 33.5. The molecule has 0 bridgehead atoms. The average molecular weight is 520 g/mol. The van der Waals surface area contributed by atoms with Crippen molar-refractivity contribution in [3.05, 3.63) is 82.4 Å². The molecule has 1 N–H and O–H groups in total. The second kappa shape index (κ2) is 8.97. The van der Waals surface area contributed by atoms with Crippen LogP contribution in [0.3, 0.4) is 0 Å². The first kappa shape index (κ1) is 23.9. The number of hydrogen-bond donors (Lipinski definition) is 1. The molecule has 0 radical (unpaired) electrons. The molecule has 1 aromatic heterocycles. The van der Waals surface area contributed by atoms with Gasteiger partial charge >= 0.3 is 0 Å². The van der Waals surface area contributed by atoms with E-state index in [0.29, 0.717) is 40.5 Å². The highest BCUT2D eigenvalue weighted by Crippen LogP contribution is 2.48. The number of amides is 2. The van der Waals surface area contributed by atoms with E-state index < -0.39 is 17.3 Å². The Labute approximate surface area is 217 Å². The maximum Gasteiger partial charge on any atom is 0.259 e. The Balaban J connectivity index is 1.47. The van der Waals surface area contributed by atoms with Gasteiger partial charge in [0, 0.05) is 16.4 Å². The highest BCUT2D eigenvalue weighted by molar-refractivity contribution is 7.81. The number of thiocarbonyl (C=S) groups is 1. The largest absolute Gasteiger partial charge is 0.322 e. The molecule has 5 rings (SSSR count). The fraction of sp³-hybridized carbons (Fsp3) is 0.192. The Hall–Kier alpha value is -3.87. The number of rotatable bonds is 4. The van der Waals surface area contributed by atoms with Gasteiger partial charge < -0.3 is 10.2 Å². The smallest absolute Gasteiger partial charge is 0.259 e. The topological polar surface area (TPSA) is 89.3 Å². The second-order valence-corrected chi connectivity index (χ2v) is 9.54. The first-order chi connectivity index (χ1) is 17.2. The van der Waals surface area contributed by atoms with Crippen molar-refractivity contribution in [1.29, 1.82) is 5.26 Å². The van der Waals surface area contributed by atoms with Gasteiger partial charge in [-0.05, 0) is 86.4 Å². The van der Waals surface area contributed by atoms with Gasteiger partial charge in [0.1, 0.15) is 23.1 Å². The lowest BCUT2D eigenvalue weighted by molar-refractivity contribution is -0.123. The zero-order valence-corrected chi connectivity index (χ0v) is 20.7. The molecule has 1 saturated heterocycles. The highest BCUT2D eigenvalue weighted by atomic mass is 35.5. The summed E-state index contributed by atoms with van der Waals surface area (Å²) < 4.78 is 15.2. The standard InChI is InChI=1S/C26H19ClFN5O2S/c1-15-10-19(14-30-22(15)13-29)32-24(35)26(8-3-9-26)33(25(32)36)18-6-7-20(21(28)12-18)23(34)31-17-5-2-4-16(27)11-17/h2,4-7,10-12,14H,3,8-9H2,1H3,(H,31,34).